The minimum absolute atomic E-state index is 0.0171. The van der Waals surface area contributed by atoms with E-state index in [-0.39, 0.29) is 36.1 Å². The van der Waals surface area contributed by atoms with Gasteiger partial charge < -0.3 is 10.1 Å². The van der Waals surface area contributed by atoms with Crippen LogP contribution in [0.15, 0.2) is 60.7 Å². The first-order chi connectivity index (χ1) is 13.6. The van der Waals surface area contributed by atoms with Crippen LogP contribution in [0, 0.1) is 23.7 Å². The molecule has 2 bridgehead atoms. The molecular weight excluding hydrogens is 354 g/mol. The van der Waals surface area contributed by atoms with Crippen molar-refractivity contribution in [1.82, 2.24) is 0 Å². The maximum absolute atomic E-state index is 13.0. The van der Waals surface area contributed by atoms with Gasteiger partial charge in [0, 0.05) is 17.2 Å². The van der Waals surface area contributed by atoms with Crippen LogP contribution in [-0.4, -0.2) is 24.3 Å². The Morgan fingerprint density at radius 1 is 0.857 bits per heavy atom. The van der Waals surface area contributed by atoms with Crippen molar-refractivity contribution < 1.29 is 19.1 Å². The van der Waals surface area contributed by atoms with Crippen molar-refractivity contribution >= 4 is 23.3 Å². The van der Waals surface area contributed by atoms with E-state index in [2.05, 4.69) is 5.32 Å². The largest absolute Gasteiger partial charge is 0.455 e. The summed E-state index contributed by atoms with van der Waals surface area (Å²) in [5.74, 6) is -1.18. The normalized spacial score (nSPS) is 25.3. The molecule has 5 nitrogen and oxygen atoms in total. The second-order valence-electron chi connectivity index (χ2n) is 7.64. The maximum Gasteiger partial charge on any atom is 0.310 e. The van der Waals surface area contributed by atoms with Crippen molar-refractivity contribution in [3.63, 3.8) is 0 Å². The summed E-state index contributed by atoms with van der Waals surface area (Å²) in [4.78, 5) is 37.9. The van der Waals surface area contributed by atoms with Gasteiger partial charge in [-0.3, -0.25) is 14.4 Å². The van der Waals surface area contributed by atoms with Gasteiger partial charge in [-0.1, -0.05) is 48.5 Å². The number of Topliss-reactive ketones (excluding diaryl/α,β-unsaturated/α-hetero) is 1. The van der Waals surface area contributed by atoms with E-state index in [1.165, 1.54) is 0 Å². The highest BCUT2D eigenvalue weighted by Gasteiger charge is 2.54. The van der Waals surface area contributed by atoms with Crippen LogP contribution in [0.25, 0.3) is 0 Å². The Hall–Kier alpha value is -2.95. The number of hydrogen-bond donors (Lipinski definition) is 1. The number of hydrogen-bond acceptors (Lipinski definition) is 4. The highest BCUT2D eigenvalue weighted by atomic mass is 16.5. The molecule has 1 amide bonds. The molecule has 144 valence electrons. The van der Waals surface area contributed by atoms with E-state index in [4.69, 9.17) is 4.74 Å². The Morgan fingerprint density at radius 3 is 2.14 bits per heavy atom. The van der Waals surface area contributed by atoms with Crippen molar-refractivity contribution in [3.05, 3.63) is 66.2 Å². The molecule has 4 rings (SSSR count). The predicted molar refractivity (Wildman–Crippen MR) is 105 cm³/mol. The Bertz CT molecular complexity index is 865. The SMILES string of the molecule is O=C(COC(=O)[C@H]1[C@H]2CC[C@@H](C2)[C@H]1C(=O)c1ccccc1)Nc1ccccc1. The molecule has 0 spiro atoms. The van der Waals surface area contributed by atoms with Gasteiger partial charge in [0.2, 0.25) is 0 Å². The lowest BCUT2D eigenvalue weighted by Crippen LogP contribution is -2.37. The summed E-state index contributed by atoms with van der Waals surface area (Å²) < 4.78 is 5.33. The third-order valence-corrected chi connectivity index (χ3v) is 5.95. The van der Waals surface area contributed by atoms with Gasteiger partial charge in [0.1, 0.15) is 0 Å². The molecule has 1 N–H and O–H groups in total. The van der Waals surface area contributed by atoms with Crippen LogP contribution in [0.4, 0.5) is 5.69 Å². The van der Waals surface area contributed by atoms with E-state index in [1.54, 1.807) is 24.3 Å². The third-order valence-electron chi connectivity index (χ3n) is 5.95. The number of para-hydroxylation sites is 1. The molecule has 0 aliphatic heterocycles. The number of carbonyl (C=O) groups excluding carboxylic acids is 3. The number of anilines is 1. The molecular formula is C23H23NO4. The van der Waals surface area contributed by atoms with E-state index in [9.17, 15) is 14.4 Å². The van der Waals surface area contributed by atoms with Crippen molar-refractivity contribution in [2.75, 3.05) is 11.9 Å². The van der Waals surface area contributed by atoms with Crippen LogP contribution in [0.5, 0.6) is 0 Å². The summed E-state index contributed by atoms with van der Waals surface area (Å²) in [5, 5.41) is 2.70. The van der Waals surface area contributed by atoms with Crippen molar-refractivity contribution in [2.45, 2.75) is 19.3 Å². The number of carbonyl (C=O) groups is 3. The van der Waals surface area contributed by atoms with E-state index >= 15 is 0 Å². The number of amides is 1. The molecule has 2 aromatic carbocycles. The predicted octanol–water partition coefficient (Wildman–Crippen LogP) is 3.71. The molecule has 0 unspecified atom stereocenters. The number of fused-ring (bicyclic) bond motifs is 2. The lowest BCUT2D eigenvalue weighted by Gasteiger charge is -2.28. The fraction of sp³-hybridized carbons (Fsp3) is 0.348. The van der Waals surface area contributed by atoms with Gasteiger partial charge in [0.05, 0.1) is 5.92 Å². The van der Waals surface area contributed by atoms with Gasteiger partial charge in [-0.2, -0.15) is 0 Å². The quantitative estimate of drug-likeness (QED) is 0.615. The lowest BCUT2D eigenvalue weighted by atomic mass is 9.75. The molecule has 5 heteroatoms. The Morgan fingerprint density at radius 2 is 1.46 bits per heavy atom. The number of ketones is 1. The Labute approximate surface area is 164 Å². The van der Waals surface area contributed by atoms with E-state index < -0.39 is 11.9 Å². The first kappa shape index (κ1) is 18.4. The Kier molecular flexibility index (Phi) is 5.24. The number of benzene rings is 2. The van der Waals surface area contributed by atoms with E-state index in [0.717, 1.165) is 19.3 Å². The maximum atomic E-state index is 13.0. The average molecular weight is 377 g/mol. The first-order valence-corrected chi connectivity index (χ1v) is 9.74. The molecule has 0 aromatic heterocycles. The molecule has 2 saturated carbocycles. The molecule has 4 atom stereocenters. The highest BCUT2D eigenvalue weighted by molar-refractivity contribution is 6.01. The van der Waals surface area contributed by atoms with E-state index in [1.807, 2.05) is 36.4 Å². The standard InChI is InChI=1S/C23H23NO4/c25-19(24-18-9-5-2-6-10-18)14-28-23(27)21-17-12-11-16(13-17)20(21)22(26)15-7-3-1-4-8-15/h1-10,16-17,20-21H,11-14H2,(H,24,25)/t16-,17-,20+,21-/m0/s1. The number of nitrogens with one attached hydrogen (secondary N) is 1. The number of ether oxygens (including phenoxy) is 1. The molecule has 0 radical (unpaired) electrons. The zero-order valence-corrected chi connectivity index (χ0v) is 15.5. The molecule has 2 aromatic rings. The minimum Gasteiger partial charge on any atom is -0.455 e. The van der Waals surface area contributed by atoms with Crippen LogP contribution >= 0.6 is 0 Å². The van der Waals surface area contributed by atoms with Crippen molar-refractivity contribution in [2.24, 2.45) is 23.7 Å². The lowest BCUT2D eigenvalue weighted by molar-refractivity contribution is -0.154. The third kappa shape index (κ3) is 3.70. The molecule has 2 fully saturated rings. The van der Waals surface area contributed by atoms with Crippen molar-refractivity contribution in [1.29, 1.82) is 0 Å². The first-order valence-electron chi connectivity index (χ1n) is 9.74. The summed E-state index contributed by atoms with van der Waals surface area (Å²) in [5.41, 5.74) is 1.29. The van der Waals surface area contributed by atoms with Gasteiger partial charge in [-0.25, -0.2) is 0 Å². The smallest absolute Gasteiger partial charge is 0.310 e. The van der Waals surface area contributed by atoms with Gasteiger partial charge in [0.25, 0.3) is 5.91 Å². The molecule has 2 aliphatic carbocycles. The van der Waals surface area contributed by atoms with Crippen LogP contribution in [0.1, 0.15) is 29.6 Å². The molecule has 0 heterocycles. The average Bonchev–Trinajstić information content (AvgIpc) is 3.34. The fourth-order valence-electron chi connectivity index (χ4n) is 4.75. The summed E-state index contributed by atoms with van der Waals surface area (Å²) in [7, 11) is 0. The molecule has 2 aliphatic rings. The van der Waals surface area contributed by atoms with Gasteiger partial charge in [-0.15, -0.1) is 0 Å². The molecule has 28 heavy (non-hydrogen) atoms. The van der Waals surface area contributed by atoms with Gasteiger partial charge in [0.15, 0.2) is 12.4 Å². The topological polar surface area (TPSA) is 72.5 Å². The summed E-state index contributed by atoms with van der Waals surface area (Å²) in [6.07, 6.45) is 2.81. The van der Waals surface area contributed by atoms with Crippen LogP contribution in [-0.2, 0) is 14.3 Å². The second kappa shape index (κ2) is 7.97. The van der Waals surface area contributed by atoms with Crippen LogP contribution < -0.4 is 5.32 Å². The van der Waals surface area contributed by atoms with Crippen LogP contribution in [0.2, 0.25) is 0 Å². The second-order valence-corrected chi connectivity index (χ2v) is 7.64. The zero-order chi connectivity index (χ0) is 19.5. The number of rotatable bonds is 6. The number of esters is 1. The van der Waals surface area contributed by atoms with Crippen molar-refractivity contribution in [3.8, 4) is 0 Å². The molecule has 0 saturated heterocycles. The minimum atomic E-state index is -0.448. The monoisotopic (exact) mass is 377 g/mol. The van der Waals surface area contributed by atoms with Gasteiger partial charge in [-0.05, 0) is 43.2 Å². The Balaban J connectivity index is 1.41. The van der Waals surface area contributed by atoms with Gasteiger partial charge >= 0.3 is 5.97 Å². The summed E-state index contributed by atoms with van der Waals surface area (Å²) in [6.45, 7) is -0.339. The highest BCUT2D eigenvalue weighted by Crippen LogP contribution is 2.53. The summed E-state index contributed by atoms with van der Waals surface area (Å²) in [6, 6.07) is 18.2. The van der Waals surface area contributed by atoms with E-state index in [0.29, 0.717) is 11.3 Å². The fourth-order valence-corrected chi connectivity index (χ4v) is 4.75. The summed E-state index contributed by atoms with van der Waals surface area (Å²) >= 11 is 0. The zero-order valence-electron chi connectivity index (χ0n) is 15.5. The van der Waals surface area contributed by atoms with Crippen LogP contribution in [0.3, 0.4) is 0 Å².